The van der Waals surface area contributed by atoms with Gasteiger partial charge in [0, 0.05) is 58.8 Å². The summed E-state index contributed by atoms with van der Waals surface area (Å²) in [5.74, 6) is 0.427. The predicted octanol–water partition coefficient (Wildman–Crippen LogP) is 14.8. The highest BCUT2D eigenvalue weighted by Gasteiger charge is 2.45. The Kier molecular flexibility index (Phi) is 14.3. The Bertz CT molecular complexity index is 2350. The molecule has 0 atom stereocenters. The van der Waals surface area contributed by atoms with E-state index in [-0.39, 0.29) is 17.3 Å². The summed E-state index contributed by atoms with van der Waals surface area (Å²) in [7, 11) is 0. The summed E-state index contributed by atoms with van der Waals surface area (Å²) >= 11 is 2.08. The molecule has 0 saturated heterocycles. The minimum atomic E-state index is -0.709. The number of hydrogen-bond acceptors (Lipinski definition) is 3. The molecule has 0 aromatic heterocycles. The van der Waals surface area contributed by atoms with Crippen LogP contribution in [-0.2, 0) is 15.6 Å². The molecule has 2 heterocycles. The third kappa shape index (κ3) is 9.13. The van der Waals surface area contributed by atoms with Gasteiger partial charge in [-0.3, -0.25) is 4.79 Å². The number of hydrogen-bond donors (Lipinski definition) is 1. The van der Waals surface area contributed by atoms with Crippen LogP contribution in [0, 0.1) is 6.92 Å². The van der Waals surface area contributed by atoms with Crippen molar-refractivity contribution in [3.05, 3.63) is 137 Å². The average molecular weight is 820 g/mol. The number of carbonyl (C=O) groups is 1. The maximum atomic E-state index is 11.3. The molecule has 60 heavy (non-hydrogen) atoms. The number of fused-ring (bicyclic) bond motifs is 6. The van der Waals surface area contributed by atoms with Crippen molar-refractivity contribution in [1.29, 1.82) is 0 Å². The van der Waals surface area contributed by atoms with Crippen molar-refractivity contribution in [2.75, 3.05) is 23.7 Å². The summed E-state index contributed by atoms with van der Waals surface area (Å²) in [6.45, 7) is 19.8. The lowest BCUT2D eigenvalue weighted by Crippen LogP contribution is -2.28. The molecule has 0 amide bonds. The van der Waals surface area contributed by atoms with Crippen LogP contribution in [0.4, 0.5) is 11.4 Å². The van der Waals surface area contributed by atoms with Gasteiger partial charge in [-0.05, 0) is 134 Å². The van der Waals surface area contributed by atoms with E-state index in [0.29, 0.717) is 12.8 Å². The molecule has 1 aliphatic carbocycles. The Hall–Kier alpha value is -4.35. The molecule has 1 N–H and O–H groups in total. The molecule has 0 bridgehead atoms. The summed E-state index contributed by atoms with van der Waals surface area (Å²) in [5.41, 5.74) is 10.7. The third-order valence-corrected chi connectivity index (χ3v) is 14.5. The second-order valence-electron chi connectivity index (χ2n) is 18.2. The van der Waals surface area contributed by atoms with E-state index in [2.05, 4.69) is 153 Å². The Morgan fingerprint density at radius 1 is 0.783 bits per heavy atom. The molecule has 5 heteroatoms. The van der Waals surface area contributed by atoms with E-state index in [1.54, 1.807) is 0 Å². The maximum Gasteiger partial charge on any atom is 0.303 e. The van der Waals surface area contributed by atoms with Crippen LogP contribution < -0.4 is 4.90 Å². The van der Waals surface area contributed by atoms with Crippen molar-refractivity contribution in [2.24, 2.45) is 0 Å². The number of allylic oxidation sites excluding steroid dienone is 7. The van der Waals surface area contributed by atoms with E-state index < -0.39 is 5.97 Å². The van der Waals surface area contributed by atoms with Gasteiger partial charge in [-0.2, -0.15) is 4.58 Å². The van der Waals surface area contributed by atoms with Crippen LogP contribution in [0.1, 0.15) is 136 Å². The number of carboxylic acid groups (broad SMARTS) is 1. The van der Waals surface area contributed by atoms with Crippen LogP contribution >= 0.6 is 11.8 Å². The molecule has 4 aromatic carbocycles. The normalized spacial score (nSPS) is 18.5. The number of anilines is 1. The average Bonchev–Trinajstić information content (AvgIpc) is 3.60. The molecule has 2 radical (unpaired) electrons. The van der Waals surface area contributed by atoms with Crippen LogP contribution in [0.2, 0.25) is 0 Å². The minimum Gasteiger partial charge on any atom is -0.481 e. The monoisotopic (exact) mass is 819 g/mol. The molecule has 0 saturated carbocycles. The van der Waals surface area contributed by atoms with E-state index in [0.717, 1.165) is 63.8 Å². The summed E-state index contributed by atoms with van der Waals surface area (Å²) in [5, 5.41) is 14.5. The fourth-order valence-electron chi connectivity index (χ4n) is 10.2. The van der Waals surface area contributed by atoms with E-state index in [1.165, 1.54) is 97.2 Å². The summed E-state index contributed by atoms with van der Waals surface area (Å²) < 4.78 is 2.59. The highest BCUT2D eigenvalue weighted by atomic mass is 32.2. The van der Waals surface area contributed by atoms with E-state index in [1.807, 2.05) is 0 Å². The van der Waals surface area contributed by atoms with Gasteiger partial charge in [0.2, 0.25) is 5.69 Å². The number of unbranched alkanes of at least 4 members (excludes halogenated alkanes) is 7. The number of carboxylic acids is 1. The Balaban J connectivity index is 1.28. The maximum absolute atomic E-state index is 11.3. The van der Waals surface area contributed by atoms with Crippen LogP contribution in [0.3, 0.4) is 0 Å². The fraction of sp³-hybridized carbons (Fsp3) is 0.436. The zero-order valence-electron chi connectivity index (χ0n) is 37.0. The van der Waals surface area contributed by atoms with Crippen molar-refractivity contribution >= 4 is 56.4 Å². The smallest absolute Gasteiger partial charge is 0.303 e. The molecule has 0 fully saturated rings. The van der Waals surface area contributed by atoms with Gasteiger partial charge in [0.25, 0.3) is 0 Å². The number of aliphatic carboxylic acids is 1. The van der Waals surface area contributed by atoms with Gasteiger partial charge in [0.05, 0.1) is 5.41 Å². The van der Waals surface area contributed by atoms with E-state index >= 15 is 0 Å². The first-order valence-corrected chi connectivity index (χ1v) is 23.9. The third-order valence-electron chi connectivity index (χ3n) is 13.2. The summed E-state index contributed by atoms with van der Waals surface area (Å²) in [6.07, 6.45) is 23.8. The van der Waals surface area contributed by atoms with Gasteiger partial charge in [-0.1, -0.05) is 113 Å². The molecule has 0 spiro atoms. The molecule has 4 aromatic rings. The molecule has 2 aliphatic heterocycles. The molecular weight excluding hydrogens is 753 g/mol. The first kappa shape index (κ1) is 43.7. The van der Waals surface area contributed by atoms with Crippen molar-refractivity contribution in [3.63, 3.8) is 0 Å². The quantitative estimate of drug-likeness (QED) is 0.0756. The van der Waals surface area contributed by atoms with Gasteiger partial charge >= 0.3 is 5.97 Å². The Labute approximate surface area is 365 Å². The number of benzene rings is 4. The molecule has 0 unspecified atom stereocenters. The first-order valence-electron chi connectivity index (χ1n) is 22.9. The van der Waals surface area contributed by atoms with Crippen LogP contribution in [0.25, 0.3) is 21.5 Å². The van der Waals surface area contributed by atoms with Crippen molar-refractivity contribution in [2.45, 2.75) is 135 Å². The number of nitrogens with zero attached hydrogens (tertiary/aromatic N) is 2. The predicted molar refractivity (Wildman–Crippen MR) is 258 cm³/mol. The second kappa shape index (κ2) is 19.6. The Morgan fingerprint density at radius 2 is 1.50 bits per heavy atom. The van der Waals surface area contributed by atoms with E-state index in [4.69, 9.17) is 6.92 Å². The second-order valence-corrected chi connectivity index (χ2v) is 19.3. The SMILES string of the molecule is [CH]CCCC[N+]1=C(/C=C/C2=C(SCCCCCC)C(=C\C=C3/N(CCCCCC(=O)O)c4ccc5ccccc5c4C3(C)C)/CCC2)C(C)(C)c2c1ccc1ccccc21. The first-order chi connectivity index (χ1) is 29.1. The zero-order valence-corrected chi connectivity index (χ0v) is 37.8. The lowest BCUT2D eigenvalue weighted by molar-refractivity contribution is -0.438. The van der Waals surface area contributed by atoms with Gasteiger partial charge in [-0.15, -0.1) is 11.8 Å². The molecule has 7 rings (SSSR count). The molecule has 314 valence electrons. The topological polar surface area (TPSA) is 43.5 Å². The van der Waals surface area contributed by atoms with Crippen molar-refractivity contribution in [1.82, 2.24) is 0 Å². The zero-order chi connectivity index (χ0) is 42.3. The molecular formula is C55H67N2O2S+. The summed E-state index contributed by atoms with van der Waals surface area (Å²) in [4.78, 5) is 15.3. The number of rotatable bonds is 19. The fourth-order valence-corrected chi connectivity index (χ4v) is 11.4. The lowest BCUT2D eigenvalue weighted by Gasteiger charge is -2.28. The van der Waals surface area contributed by atoms with Crippen LogP contribution in [-0.4, -0.2) is 40.2 Å². The highest BCUT2D eigenvalue weighted by Crippen LogP contribution is 2.51. The van der Waals surface area contributed by atoms with Crippen LogP contribution in [0.15, 0.2) is 119 Å². The minimum absolute atomic E-state index is 0.147. The Morgan fingerprint density at radius 3 is 2.23 bits per heavy atom. The van der Waals surface area contributed by atoms with Gasteiger partial charge in [0.1, 0.15) is 6.54 Å². The lowest BCUT2D eigenvalue weighted by atomic mass is 9.78. The largest absolute Gasteiger partial charge is 0.481 e. The van der Waals surface area contributed by atoms with Gasteiger partial charge in [-0.25, -0.2) is 0 Å². The van der Waals surface area contributed by atoms with Crippen molar-refractivity contribution < 1.29 is 14.5 Å². The van der Waals surface area contributed by atoms with Crippen molar-refractivity contribution in [3.8, 4) is 0 Å². The van der Waals surface area contributed by atoms with Crippen LogP contribution in [0.5, 0.6) is 0 Å². The van der Waals surface area contributed by atoms with E-state index in [9.17, 15) is 9.90 Å². The molecule has 4 nitrogen and oxygen atoms in total. The number of thioether (sulfide) groups is 1. The molecule has 3 aliphatic rings. The van der Waals surface area contributed by atoms with Gasteiger partial charge < -0.3 is 10.0 Å². The summed E-state index contributed by atoms with van der Waals surface area (Å²) in [6, 6.07) is 26.9. The highest BCUT2D eigenvalue weighted by molar-refractivity contribution is 8.03. The van der Waals surface area contributed by atoms with Gasteiger partial charge in [0.15, 0.2) is 5.71 Å². The standard InChI is InChI=1S/C55H66N2O2S/c1-7-9-11-20-39-60-53-42(31-35-48-54(3,4)51-44-26-16-14-22-40(44)29-33-46(51)56(48)37-18-10-8-2)24-21-25-43(53)32-36-49-55(5,6)52-45-27-17-15-23-41(45)30-34-47(52)57(49)38-19-12-13-28-50(58)59/h2,14-17,22-23,26-27,29-36H,7-13,18-21,24-25,28,37-39H2,1,3-6H3/p+1.